The van der Waals surface area contributed by atoms with Crippen molar-refractivity contribution >= 4 is 6.34 Å². The normalized spacial score (nSPS) is 18.8. The number of rotatable bonds is 4. The van der Waals surface area contributed by atoms with Crippen LogP contribution in [0.1, 0.15) is 6.42 Å². The number of nitrogens with two attached hydrogens (primary N) is 1. The van der Waals surface area contributed by atoms with Crippen LogP contribution >= 0.6 is 0 Å². The van der Waals surface area contributed by atoms with E-state index in [1.54, 1.807) is 0 Å². The lowest BCUT2D eigenvalue weighted by atomic mass is 10.2. The number of aliphatic imine (C=N–C) groups is 1. The van der Waals surface area contributed by atoms with E-state index < -0.39 is 0 Å². The molecular formula is C8H15N3. The lowest BCUT2D eigenvalue weighted by Crippen LogP contribution is -2.32. The Hall–Kier alpha value is -0.830. The van der Waals surface area contributed by atoms with E-state index in [1.807, 2.05) is 12.4 Å². The largest absolute Gasteiger partial charge is 0.355 e. The average Bonchev–Trinajstić information content (AvgIpc) is 2.52. The quantitative estimate of drug-likeness (QED) is 0.588. The highest BCUT2D eigenvalue weighted by molar-refractivity contribution is 5.58. The summed E-state index contributed by atoms with van der Waals surface area (Å²) in [7, 11) is 0. The van der Waals surface area contributed by atoms with Crippen LogP contribution in [-0.2, 0) is 0 Å². The van der Waals surface area contributed by atoms with Crippen LogP contribution in [0.2, 0.25) is 0 Å². The van der Waals surface area contributed by atoms with Crippen LogP contribution in [0.4, 0.5) is 0 Å². The average molecular weight is 153 g/mol. The third kappa shape index (κ3) is 2.05. The molecule has 1 unspecified atom stereocenters. The second-order valence-electron chi connectivity index (χ2n) is 2.64. The minimum atomic E-state index is 0.381. The summed E-state index contributed by atoms with van der Waals surface area (Å²) in [5, 5.41) is 0. The summed E-state index contributed by atoms with van der Waals surface area (Å²) in [5.74, 6) is 0. The van der Waals surface area contributed by atoms with Gasteiger partial charge in [-0.15, -0.1) is 6.58 Å². The minimum Gasteiger partial charge on any atom is -0.355 e. The Labute approximate surface area is 67.6 Å². The van der Waals surface area contributed by atoms with Crippen molar-refractivity contribution in [3.05, 3.63) is 12.7 Å². The van der Waals surface area contributed by atoms with Gasteiger partial charge in [0.15, 0.2) is 0 Å². The van der Waals surface area contributed by atoms with Crippen LogP contribution in [0.3, 0.4) is 0 Å². The molecule has 0 radical (unpaired) electrons. The molecule has 0 amide bonds. The molecule has 1 aliphatic heterocycles. The Kier molecular flexibility index (Phi) is 3.11. The predicted molar refractivity (Wildman–Crippen MR) is 47.7 cm³/mol. The van der Waals surface area contributed by atoms with Crippen LogP contribution in [-0.4, -0.2) is 36.9 Å². The van der Waals surface area contributed by atoms with E-state index in [1.165, 1.54) is 0 Å². The first-order valence-corrected chi connectivity index (χ1v) is 3.97. The van der Waals surface area contributed by atoms with Crippen molar-refractivity contribution in [1.29, 1.82) is 0 Å². The number of nitrogens with zero attached hydrogens (tertiary/aromatic N) is 2. The standard InChI is InChI=1S/C8H15N3/c1-2-8(3-4-9)11-6-5-10-7-11/h2,7-8H,1,3-6,9H2. The van der Waals surface area contributed by atoms with Crippen molar-refractivity contribution in [2.75, 3.05) is 19.6 Å². The van der Waals surface area contributed by atoms with Crippen molar-refractivity contribution in [3.8, 4) is 0 Å². The van der Waals surface area contributed by atoms with E-state index in [0.717, 1.165) is 19.5 Å². The maximum Gasteiger partial charge on any atom is 0.0856 e. The van der Waals surface area contributed by atoms with Gasteiger partial charge < -0.3 is 10.6 Å². The van der Waals surface area contributed by atoms with Gasteiger partial charge in [-0.05, 0) is 13.0 Å². The maximum absolute atomic E-state index is 5.45. The Morgan fingerprint density at radius 1 is 1.82 bits per heavy atom. The zero-order chi connectivity index (χ0) is 8.10. The Morgan fingerprint density at radius 2 is 2.64 bits per heavy atom. The van der Waals surface area contributed by atoms with Crippen molar-refractivity contribution < 1.29 is 0 Å². The molecule has 3 heteroatoms. The fourth-order valence-electron chi connectivity index (χ4n) is 1.23. The summed E-state index contributed by atoms with van der Waals surface area (Å²) in [4.78, 5) is 6.31. The molecule has 62 valence electrons. The van der Waals surface area contributed by atoms with E-state index in [9.17, 15) is 0 Å². The van der Waals surface area contributed by atoms with Crippen LogP contribution in [0, 0.1) is 0 Å². The van der Waals surface area contributed by atoms with Gasteiger partial charge in [-0.25, -0.2) is 0 Å². The van der Waals surface area contributed by atoms with Crippen molar-refractivity contribution in [3.63, 3.8) is 0 Å². The van der Waals surface area contributed by atoms with Gasteiger partial charge in [0.05, 0.1) is 12.9 Å². The second kappa shape index (κ2) is 4.13. The van der Waals surface area contributed by atoms with Crippen molar-refractivity contribution in [2.45, 2.75) is 12.5 Å². The molecule has 2 N–H and O–H groups in total. The zero-order valence-corrected chi connectivity index (χ0v) is 6.74. The first kappa shape index (κ1) is 8.27. The van der Waals surface area contributed by atoms with E-state index in [0.29, 0.717) is 12.6 Å². The predicted octanol–water partition coefficient (Wildman–Crippen LogP) is 0.234. The van der Waals surface area contributed by atoms with Gasteiger partial charge in [0.1, 0.15) is 0 Å². The van der Waals surface area contributed by atoms with Gasteiger partial charge in [-0.2, -0.15) is 0 Å². The highest BCUT2D eigenvalue weighted by atomic mass is 15.2. The molecule has 0 bridgehead atoms. The molecule has 0 saturated carbocycles. The fourth-order valence-corrected chi connectivity index (χ4v) is 1.23. The Balaban J connectivity index is 2.40. The smallest absolute Gasteiger partial charge is 0.0856 e. The summed E-state index contributed by atoms with van der Waals surface area (Å²) < 4.78 is 0. The van der Waals surface area contributed by atoms with Gasteiger partial charge in [-0.1, -0.05) is 6.08 Å². The first-order valence-electron chi connectivity index (χ1n) is 3.97. The van der Waals surface area contributed by atoms with Crippen molar-refractivity contribution in [2.24, 2.45) is 10.7 Å². The van der Waals surface area contributed by atoms with E-state index in [4.69, 9.17) is 5.73 Å². The monoisotopic (exact) mass is 153 g/mol. The molecule has 0 spiro atoms. The van der Waals surface area contributed by atoms with Gasteiger partial charge in [0, 0.05) is 12.6 Å². The Morgan fingerprint density at radius 3 is 3.09 bits per heavy atom. The minimum absolute atomic E-state index is 0.381. The SMILES string of the molecule is C=CC(CCN)N1C=NCC1. The molecular weight excluding hydrogens is 138 g/mol. The molecule has 0 aliphatic carbocycles. The number of hydrogen-bond donors (Lipinski definition) is 1. The third-order valence-electron chi connectivity index (χ3n) is 1.88. The van der Waals surface area contributed by atoms with Crippen LogP contribution in [0.25, 0.3) is 0 Å². The molecule has 0 aromatic heterocycles. The van der Waals surface area contributed by atoms with E-state index in [2.05, 4.69) is 16.5 Å². The van der Waals surface area contributed by atoms with Crippen LogP contribution < -0.4 is 5.73 Å². The molecule has 0 aromatic carbocycles. The molecule has 1 rings (SSSR count). The molecule has 11 heavy (non-hydrogen) atoms. The first-order chi connectivity index (χ1) is 5.38. The molecule has 1 aliphatic rings. The molecule has 0 aromatic rings. The van der Waals surface area contributed by atoms with Gasteiger partial charge in [-0.3, -0.25) is 4.99 Å². The van der Waals surface area contributed by atoms with Gasteiger partial charge in [0.25, 0.3) is 0 Å². The fraction of sp³-hybridized carbons (Fsp3) is 0.625. The van der Waals surface area contributed by atoms with Crippen molar-refractivity contribution in [1.82, 2.24) is 4.90 Å². The lowest BCUT2D eigenvalue weighted by molar-refractivity contribution is 0.383. The highest BCUT2D eigenvalue weighted by Crippen LogP contribution is 2.05. The lowest BCUT2D eigenvalue weighted by Gasteiger charge is -2.22. The zero-order valence-electron chi connectivity index (χ0n) is 6.74. The summed E-state index contributed by atoms with van der Waals surface area (Å²) in [6.45, 7) is 6.40. The summed E-state index contributed by atoms with van der Waals surface area (Å²) >= 11 is 0. The molecule has 3 nitrogen and oxygen atoms in total. The molecule has 1 heterocycles. The highest BCUT2D eigenvalue weighted by Gasteiger charge is 2.13. The van der Waals surface area contributed by atoms with Crippen LogP contribution in [0.15, 0.2) is 17.6 Å². The third-order valence-corrected chi connectivity index (χ3v) is 1.88. The second-order valence-corrected chi connectivity index (χ2v) is 2.64. The maximum atomic E-state index is 5.45. The summed E-state index contributed by atoms with van der Waals surface area (Å²) in [6.07, 6.45) is 4.79. The van der Waals surface area contributed by atoms with Gasteiger partial charge in [0.2, 0.25) is 0 Å². The molecule has 0 saturated heterocycles. The topological polar surface area (TPSA) is 41.6 Å². The number of hydrogen-bond acceptors (Lipinski definition) is 3. The van der Waals surface area contributed by atoms with Gasteiger partial charge >= 0.3 is 0 Å². The van der Waals surface area contributed by atoms with Crippen LogP contribution in [0.5, 0.6) is 0 Å². The molecule has 1 atom stereocenters. The Bertz CT molecular complexity index is 153. The van der Waals surface area contributed by atoms with E-state index >= 15 is 0 Å². The van der Waals surface area contributed by atoms with E-state index in [-0.39, 0.29) is 0 Å². The summed E-state index contributed by atoms with van der Waals surface area (Å²) in [6, 6.07) is 0.381. The summed E-state index contributed by atoms with van der Waals surface area (Å²) in [5.41, 5.74) is 5.45. The molecule has 0 fully saturated rings.